The lowest BCUT2D eigenvalue weighted by molar-refractivity contribution is -0.139. The first-order chi connectivity index (χ1) is 8.91. The van der Waals surface area contributed by atoms with E-state index in [2.05, 4.69) is 11.3 Å². The molecule has 104 valence electrons. The third-order valence-electron chi connectivity index (χ3n) is 2.59. The standard InChI is InChI=1S/C13H17NO4S/c1-4-9-14(2)19(16,17)12-7-5-11(6-8-12)10-13(15)18-3/h4-8H,1,9-10H2,2-3H3. The molecule has 0 aliphatic carbocycles. The normalized spacial score (nSPS) is 11.3. The zero-order valence-corrected chi connectivity index (χ0v) is 11.8. The monoisotopic (exact) mass is 283 g/mol. The molecule has 0 fully saturated rings. The van der Waals surface area contributed by atoms with Gasteiger partial charge in [0.1, 0.15) is 0 Å². The predicted octanol–water partition coefficient (Wildman–Crippen LogP) is 1.21. The minimum atomic E-state index is -3.51. The first kappa shape index (κ1) is 15.4. The number of benzene rings is 1. The van der Waals surface area contributed by atoms with Gasteiger partial charge in [0, 0.05) is 13.6 Å². The van der Waals surface area contributed by atoms with Crippen LogP contribution in [0.4, 0.5) is 0 Å². The summed E-state index contributed by atoms with van der Waals surface area (Å²) < 4.78 is 29.9. The predicted molar refractivity (Wildman–Crippen MR) is 72.2 cm³/mol. The summed E-state index contributed by atoms with van der Waals surface area (Å²) in [4.78, 5) is 11.3. The number of nitrogens with zero attached hydrogens (tertiary/aromatic N) is 1. The van der Waals surface area contributed by atoms with E-state index in [0.717, 1.165) is 0 Å². The summed E-state index contributed by atoms with van der Waals surface area (Å²) in [5.74, 6) is -0.362. The summed E-state index contributed by atoms with van der Waals surface area (Å²) in [5, 5.41) is 0. The van der Waals surface area contributed by atoms with E-state index < -0.39 is 10.0 Å². The Morgan fingerprint density at radius 1 is 1.37 bits per heavy atom. The van der Waals surface area contributed by atoms with E-state index in [9.17, 15) is 13.2 Å². The van der Waals surface area contributed by atoms with Crippen molar-refractivity contribution in [2.75, 3.05) is 20.7 Å². The van der Waals surface area contributed by atoms with Crippen LogP contribution in [0.15, 0.2) is 41.8 Å². The molecule has 1 rings (SSSR count). The maximum Gasteiger partial charge on any atom is 0.309 e. The second kappa shape index (κ2) is 6.49. The molecule has 0 amide bonds. The van der Waals surface area contributed by atoms with Crippen molar-refractivity contribution < 1.29 is 17.9 Å². The van der Waals surface area contributed by atoms with Gasteiger partial charge in [0.25, 0.3) is 0 Å². The Labute approximate surface area is 113 Å². The van der Waals surface area contributed by atoms with Gasteiger partial charge in [-0.2, -0.15) is 4.31 Å². The zero-order chi connectivity index (χ0) is 14.5. The van der Waals surface area contributed by atoms with Crippen molar-refractivity contribution in [3.8, 4) is 0 Å². The van der Waals surface area contributed by atoms with Crippen molar-refractivity contribution in [2.24, 2.45) is 0 Å². The minimum absolute atomic E-state index is 0.124. The van der Waals surface area contributed by atoms with Gasteiger partial charge in [0.05, 0.1) is 18.4 Å². The van der Waals surface area contributed by atoms with Crippen molar-refractivity contribution >= 4 is 16.0 Å². The molecule has 0 aliphatic heterocycles. The molecule has 0 saturated carbocycles. The van der Waals surface area contributed by atoms with Gasteiger partial charge in [0.2, 0.25) is 10.0 Å². The SMILES string of the molecule is C=CCN(C)S(=O)(=O)c1ccc(CC(=O)OC)cc1. The molecule has 0 aliphatic rings. The molecule has 0 aromatic heterocycles. The van der Waals surface area contributed by atoms with Crippen LogP contribution in [0, 0.1) is 0 Å². The van der Waals surface area contributed by atoms with E-state index in [-0.39, 0.29) is 23.8 Å². The van der Waals surface area contributed by atoms with Crippen molar-refractivity contribution in [2.45, 2.75) is 11.3 Å². The molecule has 0 unspecified atom stereocenters. The number of ether oxygens (including phenoxy) is 1. The van der Waals surface area contributed by atoms with E-state index in [4.69, 9.17) is 0 Å². The fraction of sp³-hybridized carbons (Fsp3) is 0.308. The van der Waals surface area contributed by atoms with E-state index in [0.29, 0.717) is 5.56 Å². The highest BCUT2D eigenvalue weighted by Gasteiger charge is 2.19. The van der Waals surface area contributed by atoms with Gasteiger partial charge in [0.15, 0.2) is 0 Å². The number of likely N-dealkylation sites (N-methyl/N-ethyl adjacent to an activating group) is 1. The van der Waals surface area contributed by atoms with Gasteiger partial charge >= 0.3 is 5.97 Å². The number of hydrogen-bond acceptors (Lipinski definition) is 4. The number of methoxy groups -OCH3 is 1. The van der Waals surface area contributed by atoms with Crippen LogP contribution >= 0.6 is 0 Å². The van der Waals surface area contributed by atoms with Gasteiger partial charge in [-0.25, -0.2) is 8.42 Å². The molecule has 0 radical (unpaired) electrons. The molecule has 6 heteroatoms. The van der Waals surface area contributed by atoms with Crippen LogP contribution in [0.2, 0.25) is 0 Å². The van der Waals surface area contributed by atoms with Crippen molar-refractivity contribution in [1.29, 1.82) is 0 Å². The molecule has 0 atom stereocenters. The average molecular weight is 283 g/mol. The lowest BCUT2D eigenvalue weighted by Gasteiger charge is -2.15. The molecular weight excluding hydrogens is 266 g/mol. The molecule has 0 heterocycles. The first-order valence-corrected chi connectivity index (χ1v) is 7.09. The fourth-order valence-electron chi connectivity index (χ4n) is 1.48. The van der Waals surface area contributed by atoms with E-state index in [1.807, 2.05) is 0 Å². The number of sulfonamides is 1. The number of hydrogen-bond donors (Lipinski definition) is 0. The quantitative estimate of drug-likeness (QED) is 0.581. The minimum Gasteiger partial charge on any atom is -0.469 e. The second-order valence-corrected chi connectivity index (χ2v) is 6.02. The van der Waals surface area contributed by atoms with Crippen LogP contribution in [0.5, 0.6) is 0 Å². The average Bonchev–Trinajstić information content (AvgIpc) is 2.39. The molecule has 0 saturated heterocycles. The second-order valence-electron chi connectivity index (χ2n) is 3.97. The summed E-state index contributed by atoms with van der Waals surface area (Å²) in [6.07, 6.45) is 1.64. The smallest absolute Gasteiger partial charge is 0.309 e. The Morgan fingerprint density at radius 2 is 1.95 bits per heavy atom. The Hall–Kier alpha value is -1.66. The number of rotatable bonds is 6. The summed E-state index contributed by atoms with van der Waals surface area (Å²) in [7, 11) is -0.710. The summed E-state index contributed by atoms with van der Waals surface area (Å²) in [6, 6.07) is 6.16. The number of esters is 1. The highest BCUT2D eigenvalue weighted by molar-refractivity contribution is 7.89. The molecular formula is C13H17NO4S. The van der Waals surface area contributed by atoms with Crippen molar-refractivity contribution in [3.05, 3.63) is 42.5 Å². The van der Waals surface area contributed by atoms with Gasteiger partial charge in [-0.1, -0.05) is 18.2 Å². The molecule has 5 nitrogen and oxygen atoms in total. The molecule has 1 aromatic carbocycles. The third-order valence-corrected chi connectivity index (χ3v) is 4.43. The maximum absolute atomic E-state index is 12.1. The van der Waals surface area contributed by atoms with E-state index >= 15 is 0 Å². The summed E-state index contributed by atoms with van der Waals surface area (Å²) in [5.41, 5.74) is 0.706. The molecule has 1 aromatic rings. The topological polar surface area (TPSA) is 63.7 Å². The lowest BCUT2D eigenvalue weighted by atomic mass is 10.2. The Balaban J connectivity index is 2.92. The Kier molecular flexibility index (Phi) is 5.26. The van der Waals surface area contributed by atoms with E-state index in [1.165, 1.54) is 36.7 Å². The number of carbonyl (C=O) groups excluding carboxylic acids is 1. The van der Waals surface area contributed by atoms with Crippen molar-refractivity contribution in [3.63, 3.8) is 0 Å². The highest BCUT2D eigenvalue weighted by atomic mass is 32.2. The maximum atomic E-state index is 12.1. The van der Waals surface area contributed by atoms with Crippen LogP contribution in [0.3, 0.4) is 0 Å². The fourth-order valence-corrected chi connectivity index (χ4v) is 2.62. The number of carbonyl (C=O) groups is 1. The molecule has 0 bridgehead atoms. The van der Waals surface area contributed by atoms with Gasteiger partial charge < -0.3 is 4.74 Å². The van der Waals surface area contributed by atoms with Crippen LogP contribution in [-0.4, -0.2) is 39.4 Å². The van der Waals surface area contributed by atoms with Crippen molar-refractivity contribution in [1.82, 2.24) is 4.31 Å². The van der Waals surface area contributed by atoms with Gasteiger partial charge in [-0.3, -0.25) is 4.79 Å². The molecule has 0 N–H and O–H groups in total. The largest absolute Gasteiger partial charge is 0.469 e. The van der Waals surface area contributed by atoms with Crippen LogP contribution < -0.4 is 0 Å². The van der Waals surface area contributed by atoms with Gasteiger partial charge in [-0.15, -0.1) is 6.58 Å². The first-order valence-electron chi connectivity index (χ1n) is 5.64. The summed E-state index contributed by atoms with van der Waals surface area (Å²) in [6.45, 7) is 3.75. The zero-order valence-electron chi connectivity index (χ0n) is 11.0. The Bertz CT molecular complexity index is 549. The molecule has 0 spiro atoms. The lowest BCUT2D eigenvalue weighted by Crippen LogP contribution is -2.26. The van der Waals surface area contributed by atoms with E-state index in [1.54, 1.807) is 12.1 Å². The van der Waals surface area contributed by atoms with Gasteiger partial charge in [-0.05, 0) is 17.7 Å². The third kappa shape index (κ3) is 3.90. The van der Waals surface area contributed by atoms with Crippen LogP contribution in [-0.2, 0) is 26.0 Å². The van der Waals surface area contributed by atoms with Crippen LogP contribution in [0.1, 0.15) is 5.56 Å². The molecule has 19 heavy (non-hydrogen) atoms. The van der Waals surface area contributed by atoms with Crippen LogP contribution in [0.25, 0.3) is 0 Å². The Morgan fingerprint density at radius 3 is 2.42 bits per heavy atom. The summed E-state index contributed by atoms with van der Waals surface area (Å²) >= 11 is 0. The highest BCUT2D eigenvalue weighted by Crippen LogP contribution is 2.15.